The fourth-order valence-corrected chi connectivity index (χ4v) is 3.00. The lowest BCUT2D eigenvalue weighted by atomic mass is 9.88. The van der Waals surface area contributed by atoms with Gasteiger partial charge in [0.05, 0.1) is 6.57 Å². The molecule has 6 heteroatoms. The third-order valence-corrected chi connectivity index (χ3v) is 4.68. The van der Waals surface area contributed by atoms with Gasteiger partial charge in [0.1, 0.15) is 24.1 Å². The zero-order valence-electron chi connectivity index (χ0n) is 15.2. The van der Waals surface area contributed by atoms with Crippen molar-refractivity contribution in [3.05, 3.63) is 70.3 Å². The van der Waals surface area contributed by atoms with Crippen molar-refractivity contribution in [1.29, 1.82) is 0 Å². The highest BCUT2D eigenvalue weighted by Gasteiger charge is 2.53. The zero-order chi connectivity index (χ0) is 19.8. The number of carbonyl (C=O) groups is 2. The first-order chi connectivity index (χ1) is 12.7. The van der Waals surface area contributed by atoms with E-state index in [1.807, 2.05) is 0 Å². The van der Waals surface area contributed by atoms with E-state index in [0.29, 0.717) is 22.4 Å². The predicted molar refractivity (Wildman–Crippen MR) is 96.3 cm³/mol. The molecule has 1 heterocycles. The Hall–Kier alpha value is -3.20. The molecule has 1 fully saturated rings. The number of cyclic esters (lactones) is 1. The SMILES string of the molecule is [C-]#[N+]c1ccc(C2C(=O)OC(C)(COc3ccc(C)c(F)c3)C2=O)cc1C. The van der Waals surface area contributed by atoms with Crippen molar-refractivity contribution in [1.82, 2.24) is 0 Å². The van der Waals surface area contributed by atoms with Gasteiger partial charge in [0.25, 0.3) is 0 Å². The number of carbonyl (C=O) groups excluding carboxylic acids is 2. The van der Waals surface area contributed by atoms with Crippen molar-refractivity contribution in [3.8, 4) is 5.75 Å². The normalized spacial score (nSPS) is 21.7. The Kier molecular flexibility index (Phi) is 4.71. The average molecular weight is 367 g/mol. The molecule has 0 bridgehead atoms. The summed E-state index contributed by atoms with van der Waals surface area (Å²) in [5.74, 6) is -2.30. The van der Waals surface area contributed by atoms with Crippen LogP contribution in [0.4, 0.5) is 10.1 Å². The van der Waals surface area contributed by atoms with Crippen molar-refractivity contribution in [2.24, 2.45) is 0 Å². The molecule has 2 unspecified atom stereocenters. The van der Waals surface area contributed by atoms with Gasteiger partial charge in [0.15, 0.2) is 11.5 Å². The molecule has 0 aliphatic carbocycles. The van der Waals surface area contributed by atoms with Crippen molar-refractivity contribution in [2.75, 3.05) is 6.61 Å². The van der Waals surface area contributed by atoms with Crippen molar-refractivity contribution >= 4 is 17.4 Å². The van der Waals surface area contributed by atoms with Gasteiger partial charge in [-0.15, -0.1) is 0 Å². The van der Waals surface area contributed by atoms with E-state index in [0.717, 1.165) is 0 Å². The van der Waals surface area contributed by atoms with Gasteiger partial charge in [0, 0.05) is 6.07 Å². The number of aryl methyl sites for hydroxylation is 2. The van der Waals surface area contributed by atoms with Gasteiger partial charge < -0.3 is 9.47 Å². The van der Waals surface area contributed by atoms with Crippen LogP contribution in [0.15, 0.2) is 36.4 Å². The van der Waals surface area contributed by atoms with Crippen LogP contribution in [-0.4, -0.2) is 24.0 Å². The standard InChI is InChI=1S/C21H18FNO4/c1-12-5-7-15(10-16(12)22)26-11-21(3)19(24)18(20(25)27-21)14-6-8-17(23-4)13(2)9-14/h5-10,18H,11H2,1-3H3. The molecule has 27 heavy (non-hydrogen) atoms. The second-order valence-corrected chi connectivity index (χ2v) is 6.81. The van der Waals surface area contributed by atoms with E-state index in [9.17, 15) is 14.0 Å². The number of hydrogen-bond donors (Lipinski definition) is 0. The zero-order valence-corrected chi connectivity index (χ0v) is 15.2. The summed E-state index contributed by atoms with van der Waals surface area (Å²) in [6.07, 6.45) is 0. The third-order valence-electron chi connectivity index (χ3n) is 4.68. The van der Waals surface area contributed by atoms with E-state index in [1.54, 1.807) is 44.2 Å². The van der Waals surface area contributed by atoms with E-state index in [4.69, 9.17) is 16.0 Å². The first-order valence-corrected chi connectivity index (χ1v) is 8.39. The summed E-state index contributed by atoms with van der Waals surface area (Å²) in [5.41, 5.74) is 0.651. The Morgan fingerprint density at radius 3 is 2.56 bits per heavy atom. The second kappa shape index (κ2) is 6.84. The van der Waals surface area contributed by atoms with Crippen LogP contribution < -0.4 is 4.74 Å². The summed E-state index contributed by atoms with van der Waals surface area (Å²) in [5, 5.41) is 0. The van der Waals surface area contributed by atoms with Crippen molar-refractivity contribution in [3.63, 3.8) is 0 Å². The Labute approximate surface area is 156 Å². The largest absolute Gasteiger partial charge is 0.489 e. The molecule has 0 radical (unpaired) electrons. The minimum Gasteiger partial charge on any atom is -0.489 e. The van der Waals surface area contributed by atoms with Gasteiger partial charge in [-0.3, -0.25) is 9.59 Å². The average Bonchev–Trinajstić information content (AvgIpc) is 2.85. The lowest BCUT2D eigenvalue weighted by Crippen LogP contribution is -2.40. The number of nitrogens with zero attached hydrogens (tertiary/aromatic N) is 1. The van der Waals surface area contributed by atoms with Crippen LogP contribution in [0.25, 0.3) is 4.85 Å². The molecule has 0 N–H and O–H groups in total. The quantitative estimate of drug-likeness (QED) is 0.465. The van der Waals surface area contributed by atoms with E-state index < -0.39 is 29.1 Å². The molecule has 0 amide bonds. The molecular weight excluding hydrogens is 349 g/mol. The Morgan fingerprint density at radius 2 is 1.93 bits per heavy atom. The smallest absolute Gasteiger partial charge is 0.322 e. The molecule has 1 saturated heterocycles. The highest BCUT2D eigenvalue weighted by Crippen LogP contribution is 2.36. The number of benzene rings is 2. The molecule has 2 aromatic rings. The highest BCUT2D eigenvalue weighted by molar-refractivity contribution is 6.13. The molecule has 1 aliphatic rings. The fraction of sp³-hybridized carbons (Fsp3) is 0.286. The van der Waals surface area contributed by atoms with Crippen molar-refractivity contribution < 1.29 is 23.5 Å². The number of halogens is 1. The van der Waals surface area contributed by atoms with Gasteiger partial charge in [-0.25, -0.2) is 9.24 Å². The van der Waals surface area contributed by atoms with Crippen LogP contribution >= 0.6 is 0 Å². The first-order valence-electron chi connectivity index (χ1n) is 8.39. The van der Waals surface area contributed by atoms with Crippen LogP contribution in [0.5, 0.6) is 5.75 Å². The van der Waals surface area contributed by atoms with Crippen LogP contribution in [0.1, 0.15) is 29.5 Å². The molecule has 2 aromatic carbocycles. The summed E-state index contributed by atoms with van der Waals surface area (Å²) in [6, 6.07) is 9.21. The van der Waals surface area contributed by atoms with Gasteiger partial charge in [0.2, 0.25) is 5.60 Å². The molecule has 0 saturated carbocycles. The van der Waals surface area contributed by atoms with Crippen LogP contribution in [-0.2, 0) is 14.3 Å². The summed E-state index contributed by atoms with van der Waals surface area (Å²) in [4.78, 5) is 28.6. The van der Waals surface area contributed by atoms with E-state index in [2.05, 4.69) is 4.85 Å². The number of Topliss-reactive ketones (excluding diaryl/α,β-unsaturated/α-hetero) is 1. The monoisotopic (exact) mass is 367 g/mol. The molecule has 0 aromatic heterocycles. The minimum absolute atomic E-state index is 0.213. The van der Waals surface area contributed by atoms with Gasteiger partial charge >= 0.3 is 5.97 Å². The summed E-state index contributed by atoms with van der Waals surface area (Å²) < 4.78 is 24.5. The Morgan fingerprint density at radius 1 is 1.19 bits per heavy atom. The van der Waals surface area contributed by atoms with Crippen LogP contribution in [0.2, 0.25) is 0 Å². The van der Waals surface area contributed by atoms with E-state index >= 15 is 0 Å². The van der Waals surface area contributed by atoms with Gasteiger partial charge in [-0.2, -0.15) is 0 Å². The number of ketones is 1. The number of hydrogen-bond acceptors (Lipinski definition) is 4. The maximum Gasteiger partial charge on any atom is 0.322 e. The van der Waals surface area contributed by atoms with Gasteiger partial charge in [-0.05, 0) is 43.5 Å². The third kappa shape index (κ3) is 3.41. The Balaban J connectivity index is 1.80. The lowest BCUT2D eigenvalue weighted by molar-refractivity contribution is -0.153. The summed E-state index contributed by atoms with van der Waals surface area (Å²) >= 11 is 0. The molecule has 5 nitrogen and oxygen atoms in total. The molecule has 138 valence electrons. The van der Waals surface area contributed by atoms with Crippen LogP contribution in [0, 0.1) is 26.2 Å². The summed E-state index contributed by atoms with van der Waals surface area (Å²) in [6.45, 7) is 11.7. The number of ether oxygens (including phenoxy) is 2. The molecule has 3 rings (SSSR count). The lowest BCUT2D eigenvalue weighted by Gasteiger charge is -2.21. The maximum atomic E-state index is 13.6. The van der Waals surface area contributed by atoms with Crippen LogP contribution in [0.3, 0.4) is 0 Å². The first kappa shape index (κ1) is 18.6. The molecule has 0 spiro atoms. The number of esters is 1. The predicted octanol–water partition coefficient (Wildman–Crippen LogP) is 4.04. The minimum atomic E-state index is -1.46. The van der Waals surface area contributed by atoms with E-state index in [1.165, 1.54) is 13.0 Å². The molecule has 1 aliphatic heterocycles. The molecule has 2 atom stereocenters. The number of rotatable bonds is 4. The Bertz CT molecular complexity index is 979. The fourth-order valence-electron chi connectivity index (χ4n) is 3.00. The highest BCUT2D eigenvalue weighted by atomic mass is 19.1. The summed E-state index contributed by atoms with van der Waals surface area (Å²) in [7, 11) is 0. The van der Waals surface area contributed by atoms with E-state index in [-0.39, 0.29) is 12.4 Å². The maximum absolute atomic E-state index is 13.6. The van der Waals surface area contributed by atoms with Crippen molar-refractivity contribution in [2.45, 2.75) is 32.3 Å². The second-order valence-electron chi connectivity index (χ2n) is 6.81. The van der Waals surface area contributed by atoms with Gasteiger partial charge in [-0.1, -0.05) is 24.3 Å². The molecular formula is C21H18FNO4. The topological polar surface area (TPSA) is 57.0 Å².